The maximum atomic E-state index is 11.5. The number of carbonyl (C=O) groups excluding carboxylic acids is 1. The van der Waals surface area contributed by atoms with E-state index in [2.05, 4.69) is 0 Å². The monoisotopic (exact) mass is 265 g/mol. The number of benzene rings is 1. The Balaban J connectivity index is 3.05. The van der Waals surface area contributed by atoms with Gasteiger partial charge in [0.2, 0.25) is 0 Å². The van der Waals surface area contributed by atoms with Gasteiger partial charge in [-0.3, -0.25) is 4.79 Å². The molecule has 0 atom stereocenters. The number of ketones is 1. The molecule has 0 saturated heterocycles. The van der Waals surface area contributed by atoms with Gasteiger partial charge in [0.15, 0.2) is 11.5 Å². The van der Waals surface area contributed by atoms with Crippen LogP contribution in [0.2, 0.25) is 0 Å². The zero-order chi connectivity index (χ0) is 14.4. The van der Waals surface area contributed by atoms with Crippen molar-refractivity contribution in [3.05, 3.63) is 30.2 Å². The van der Waals surface area contributed by atoms with E-state index in [1.165, 1.54) is 6.92 Å². The molecule has 0 fully saturated rings. The van der Waals surface area contributed by atoms with Crippen molar-refractivity contribution < 1.29 is 19.0 Å². The third-order valence-corrected chi connectivity index (χ3v) is 2.28. The van der Waals surface area contributed by atoms with Crippen LogP contribution in [0.25, 0.3) is 0 Å². The lowest BCUT2D eigenvalue weighted by molar-refractivity contribution is -0.115. The van der Waals surface area contributed by atoms with Crippen LogP contribution in [-0.4, -0.2) is 39.0 Å². The minimum Gasteiger partial charge on any atom is -0.496 e. The van der Waals surface area contributed by atoms with Gasteiger partial charge in [0, 0.05) is 45.4 Å². The number of Topliss-reactive ketones (excluding diaryl/α,β-unsaturated/α-hetero) is 1. The molecule has 1 aromatic rings. The fourth-order valence-corrected chi connectivity index (χ4v) is 1.39. The predicted molar refractivity (Wildman–Crippen MR) is 72.6 cm³/mol. The molecule has 5 heteroatoms. The minimum atomic E-state index is -0.157. The first-order chi connectivity index (χ1) is 8.96. The Morgan fingerprint density at radius 1 is 1.05 bits per heavy atom. The van der Waals surface area contributed by atoms with E-state index in [9.17, 15) is 4.79 Å². The lowest BCUT2D eigenvalue weighted by Crippen LogP contribution is -2.11. The summed E-state index contributed by atoms with van der Waals surface area (Å²) in [6.07, 6.45) is 1.62. The number of hydrogen-bond acceptors (Lipinski definition) is 5. The molecule has 1 aromatic carbocycles. The summed E-state index contributed by atoms with van der Waals surface area (Å²) in [4.78, 5) is 13.3. The lowest BCUT2D eigenvalue weighted by Gasteiger charge is -2.13. The molecule has 0 N–H and O–H groups in total. The Labute approximate surface area is 113 Å². The number of methoxy groups -OCH3 is 2. The summed E-state index contributed by atoms with van der Waals surface area (Å²) < 4.78 is 15.9. The van der Waals surface area contributed by atoms with Gasteiger partial charge >= 0.3 is 0 Å². The fraction of sp³-hybridized carbons (Fsp3) is 0.357. The SMILES string of the molecule is COc1cc(OC)cc(O/C(=C\N(C)C)C(C)=O)c1. The first kappa shape index (κ1) is 14.9. The van der Waals surface area contributed by atoms with E-state index in [-0.39, 0.29) is 11.5 Å². The van der Waals surface area contributed by atoms with Gasteiger partial charge in [-0.25, -0.2) is 0 Å². The van der Waals surface area contributed by atoms with Crippen LogP contribution in [0.5, 0.6) is 17.2 Å². The Morgan fingerprint density at radius 3 is 1.89 bits per heavy atom. The van der Waals surface area contributed by atoms with Crippen molar-refractivity contribution in [3.63, 3.8) is 0 Å². The molecule has 0 bridgehead atoms. The molecule has 0 spiro atoms. The minimum absolute atomic E-state index is 0.157. The van der Waals surface area contributed by atoms with E-state index >= 15 is 0 Å². The molecule has 0 unspecified atom stereocenters. The first-order valence-corrected chi connectivity index (χ1v) is 5.76. The molecule has 5 nitrogen and oxygen atoms in total. The summed E-state index contributed by atoms with van der Waals surface area (Å²) in [6, 6.07) is 5.11. The molecule has 0 heterocycles. The van der Waals surface area contributed by atoms with Crippen molar-refractivity contribution >= 4 is 5.78 Å². The molecule has 1 rings (SSSR count). The molecule has 0 saturated carbocycles. The Bertz CT molecular complexity index is 458. The summed E-state index contributed by atoms with van der Waals surface area (Å²) in [6.45, 7) is 1.45. The summed E-state index contributed by atoms with van der Waals surface area (Å²) in [5.41, 5.74) is 0. The topological polar surface area (TPSA) is 48.0 Å². The van der Waals surface area contributed by atoms with E-state index < -0.39 is 0 Å². The molecule has 0 aliphatic carbocycles. The second kappa shape index (κ2) is 6.68. The van der Waals surface area contributed by atoms with Crippen LogP contribution in [-0.2, 0) is 4.79 Å². The second-order valence-electron chi connectivity index (χ2n) is 4.16. The average molecular weight is 265 g/mol. The molecular formula is C14H19NO4. The van der Waals surface area contributed by atoms with Gasteiger partial charge in [-0.1, -0.05) is 0 Å². The van der Waals surface area contributed by atoms with Crippen molar-refractivity contribution in [1.29, 1.82) is 0 Å². The van der Waals surface area contributed by atoms with E-state index in [0.717, 1.165) is 0 Å². The van der Waals surface area contributed by atoms with Gasteiger partial charge in [0.05, 0.1) is 14.2 Å². The summed E-state index contributed by atoms with van der Waals surface area (Å²) in [7, 11) is 6.75. The van der Waals surface area contributed by atoms with Crippen molar-refractivity contribution in [2.24, 2.45) is 0 Å². The highest BCUT2D eigenvalue weighted by atomic mass is 16.5. The summed E-state index contributed by atoms with van der Waals surface area (Å²) in [5.74, 6) is 1.78. The van der Waals surface area contributed by atoms with Gasteiger partial charge < -0.3 is 19.1 Å². The number of hydrogen-bond donors (Lipinski definition) is 0. The standard InChI is InChI=1S/C14H19NO4/c1-10(16)14(9-15(2)3)19-13-7-11(17-4)6-12(8-13)18-5/h6-9H,1-5H3/b14-9-. The molecule has 0 aromatic heterocycles. The van der Waals surface area contributed by atoms with Gasteiger partial charge in [0.1, 0.15) is 17.2 Å². The summed E-state index contributed by atoms with van der Waals surface area (Å²) >= 11 is 0. The quantitative estimate of drug-likeness (QED) is 0.582. The Hall–Kier alpha value is -2.17. The fourth-order valence-electron chi connectivity index (χ4n) is 1.39. The molecule has 0 amide bonds. The van der Waals surface area contributed by atoms with Crippen LogP contribution < -0.4 is 14.2 Å². The van der Waals surface area contributed by atoms with Crippen LogP contribution >= 0.6 is 0 Å². The van der Waals surface area contributed by atoms with Crippen molar-refractivity contribution in [1.82, 2.24) is 4.90 Å². The van der Waals surface area contributed by atoms with Crippen LogP contribution in [0, 0.1) is 0 Å². The smallest absolute Gasteiger partial charge is 0.196 e. The van der Waals surface area contributed by atoms with Gasteiger partial charge in [-0.05, 0) is 0 Å². The van der Waals surface area contributed by atoms with E-state index in [0.29, 0.717) is 17.2 Å². The van der Waals surface area contributed by atoms with Gasteiger partial charge in [0.25, 0.3) is 0 Å². The second-order valence-corrected chi connectivity index (χ2v) is 4.16. The highest BCUT2D eigenvalue weighted by Gasteiger charge is 2.10. The van der Waals surface area contributed by atoms with Crippen molar-refractivity contribution in [2.75, 3.05) is 28.3 Å². The molecule has 104 valence electrons. The zero-order valence-electron chi connectivity index (χ0n) is 11.9. The van der Waals surface area contributed by atoms with Crippen molar-refractivity contribution in [3.8, 4) is 17.2 Å². The number of nitrogens with zero attached hydrogens (tertiary/aromatic N) is 1. The lowest BCUT2D eigenvalue weighted by atomic mass is 10.3. The molecular weight excluding hydrogens is 246 g/mol. The van der Waals surface area contributed by atoms with Crippen LogP contribution in [0.3, 0.4) is 0 Å². The molecule has 0 aliphatic heterocycles. The first-order valence-electron chi connectivity index (χ1n) is 5.76. The highest BCUT2D eigenvalue weighted by Crippen LogP contribution is 2.28. The molecule has 19 heavy (non-hydrogen) atoms. The number of carbonyl (C=O) groups is 1. The average Bonchev–Trinajstić information content (AvgIpc) is 2.36. The maximum absolute atomic E-state index is 11.5. The number of rotatable bonds is 6. The predicted octanol–water partition coefficient (Wildman–Crippen LogP) is 2.07. The number of allylic oxidation sites excluding steroid dienone is 1. The maximum Gasteiger partial charge on any atom is 0.196 e. The van der Waals surface area contributed by atoms with Crippen molar-refractivity contribution in [2.45, 2.75) is 6.92 Å². The Morgan fingerprint density at radius 2 is 1.53 bits per heavy atom. The van der Waals surface area contributed by atoms with Gasteiger partial charge in [-0.15, -0.1) is 0 Å². The molecule has 0 aliphatic rings. The van der Waals surface area contributed by atoms with E-state index in [1.54, 1.807) is 43.5 Å². The van der Waals surface area contributed by atoms with E-state index in [1.807, 2.05) is 14.1 Å². The van der Waals surface area contributed by atoms with Crippen LogP contribution in [0.1, 0.15) is 6.92 Å². The zero-order valence-corrected chi connectivity index (χ0v) is 11.9. The third kappa shape index (κ3) is 4.54. The third-order valence-electron chi connectivity index (χ3n) is 2.28. The van der Waals surface area contributed by atoms with Crippen LogP contribution in [0.15, 0.2) is 30.2 Å². The largest absolute Gasteiger partial charge is 0.496 e. The number of ether oxygens (including phenoxy) is 3. The highest BCUT2D eigenvalue weighted by molar-refractivity contribution is 5.91. The summed E-state index contributed by atoms with van der Waals surface area (Å²) in [5, 5.41) is 0. The molecule has 0 radical (unpaired) electrons. The Kier molecular flexibility index (Phi) is 5.23. The normalized spacial score (nSPS) is 10.9. The van der Waals surface area contributed by atoms with Crippen LogP contribution in [0.4, 0.5) is 0 Å². The van der Waals surface area contributed by atoms with E-state index in [4.69, 9.17) is 14.2 Å². The van der Waals surface area contributed by atoms with Gasteiger partial charge in [-0.2, -0.15) is 0 Å².